The summed E-state index contributed by atoms with van der Waals surface area (Å²) >= 11 is 0. The highest BCUT2D eigenvalue weighted by Gasteiger charge is 2.27. The van der Waals surface area contributed by atoms with Crippen LogP contribution in [0.25, 0.3) is 33.4 Å². The fourth-order valence-corrected chi connectivity index (χ4v) is 4.83. The number of aromatic nitrogens is 3. The van der Waals surface area contributed by atoms with Gasteiger partial charge in [-0.25, -0.2) is 14.2 Å². The highest BCUT2D eigenvalue weighted by atomic mass is 19.1. The van der Waals surface area contributed by atoms with Crippen molar-refractivity contribution in [3.8, 4) is 28.5 Å². The minimum absolute atomic E-state index is 0.184. The molecule has 1 aliphatic rings. The number of hydrogen-bond donors (Lipinski definition) is 2. The number of aromatic amines is 1. The number of carbonyl (C=O) groups excluding carboxylic acids is 1. The molecule has 10 heteroatoms. The molecule has 1 amide bonds. The Labute approximate surface area is 226 Å². The molecule has 0 unspecified atom stereocenters. The van der Waals surface area contributed by atoms with E-state index in [-0.39, 0.29) is 28.6 Å². The maximum Gasteiger partial charge on any atom is 0.410 e. The summed E-state index contributed by atoms with van der Waals surface area (Å²) in [6.07, 6.45) is -0.299. The number of nitrogen functional groups attached to an aromatic ring is 1. The van der Waals surface area contributed by atoms with E-state index in [1.165, 1.54) is 12.1 Å². The smallest absolute Gasteiger partial charge is 0.410 e. The normalized spacial score (nSPS) is 13.9. The Morgan fingerprint density at radius 2 is 1.82 bits per heavy atom. The molecule has 3 heterocycles. The number of halogens is 1. The number of piperazine rings is 1. The Morgan fingerprint density at radius 3 is 2.44 bits per heavy atom. The summed E-state index contributed by atoms with van der Waals surface area (Å²) in [5.74, 6) is -0.558. The van der Waals surface area contributed by atoms with Crippen LogP contribution in [0.3, 0.4) is 0 Å². The SMILES string of the molecule is Cc1[nH]nc2nc(-c3ccc(N)cc3F)c(C#N)c(-c3ccc(N4CCN(C(=O)OC(C)(C)C)CC4)cc3)c12. The molecule has 3 N–H and O–H groups in total. The predicted octanol–water partition coefficient (Wildman–Crippen LogP) is 5.25. The van der Waals surface area contributed by atoms with Gasteiger partial charge in [-0.3, -0.25) is 5.10 Å². The molecule has 2 aromatic carbocycles. The third-order valence-corrected chi connectivity index (χ3v) is 6.70. The van der Waals surface area contributed by atoms with Gasteiger partial charge < -0.3 is 20.3 Å². The predicted molar refractivity (Wildman–Crippen MR) is 149 cm³/mol. The molecular weight excluding hydrogens is 497 g/mol. The lowest BCUT2D eigenvalue weighted by atomic mass is 9.93. The summed E-state index contributed by atoms with van der Waals surface area (Å²) in [5, 5.41) is 18.2. The van der Waals surface area contributed by atoms with Crippen molar-refractivity contribution in [2.45, 2.75) is 33.3 Å². The zero-order valence-electron chi connectivity index (χ0n) is 22.4. The van der Waals surface area contributed by atoms with Crippen LogP contribution >= 0.6 is 0 Å². The average molecular weight is 528 g/mol. The van der Waals surface area contributed by atoms with Crippen LogP contribution in [0, 0.1) is 24.1 Å². The van der Waals surface area contributed by atoms with E-state index in [4.69, 9.17) is 10.5 Å². The summed E-state index contributed by atoms with van der Waals surface area (Å²) in [6, 6.07) is 14.5. The molecule has 1 fully saturated rings. The van der Waals surface area contributed by atoms with Crippen LogP contribution < -0.4 is 10.6 Å². The number of carbonyl (C=O) groups is 1. The van der Waals surface area contributed by atoms with E-state index >= 15 is 0 Å². The number of benzene rings is 2. The van der Waals surface area contributed by atoms with Gasteiger partial charge in [-0.1, -0.05) is 12.1 Å². The molecule has 0 radical (unpaired) electrons. The van der Waals surface area contributed by atoms with Gasteiger partial charge in [0.15, 0.2) is 5.65 Å². The van der Waals surface area contributed by atoms with Crippen molar-refractivity contribution in [2.75, 3.05) is 36.8 Å². The van der Waals surface area contributed by atoms with Gasteiger partial charge in [0.05, 0.1) is 16.6 Å². The molecule has 39 heavy (non-hydrogen) atoms. The van der Waals surface area contributed by atoms with Gasteiger partial charge in [0.25, 0.3) is 0 Å². The molecule has 9 nitrogen and oxygen atoms in total. The summed E-state index contributed by atoms with van der Waals surface area (Å²) in [5.41, 5.74) is 9.74. The molecule has 2 aromatic heterocycles. The van der Waals surface area contributed by atoms with Crippen LogP contribution in [-0.2, 0) is 4.74 Å². The van der Waals surface area contributed by atoms with Gasteiger partial charge in [-0.2, -0.15) is 10.4 Å². The van der Waals surface area contributed by atoms with Crippen molar-refractivity contribution < 1.29 is 13.9 Å². The Morgan fingerprint density at radius 1 is 1.13 bits per heavy atom. The van der Waals surface area contributed by atoms with Crippen molar-refractivity contribution in [3.05, 3.63) is 59.5 Å². The van der Waals surface area contributed by atoms with E-state index in [0.717, 1.165) is 16.9 Å². The van der Waals surface area contributed by atoms with Crippen LogP contribution in [0.15, 0.2) is 42.5 Å². The quantitative estimate of drug-likeness (QED) is 0.349. The highest BCUT2D eigenvalue weighted by molar-refractivity contribution is 6.01. The Hall–Kier alpha value is -4.65. The Kier molecular flexibility index (Phi) is 6.60. The number of rotatable bonds is 3. The van der Waals surface area contributed by atoms with Crippen molar-refractivity contribution >= 4 is 28.5 Å². The molecule has 5 rings (SSSR count). The number of nitriles is 1. The van der Waals surface area contributed by atoms with Crippen molar-refractivity contribution in [3.63, 3.8) is 0 Å². The minimum Gasteiger partial charge on any atom is -0.444 e. The van der Waals surface area contributed by atoms with Crippen LogP contribution in [-0.4, -0.2) is 58.0 Å². The first-order valence-electron chi connectivity index (χ1n) is 12.7. The van der Waals surface area contributed by atoms with E-state index in [1.54, 1.807) is 11.0 Å². The third-order valence-electron chi connectivity index (χ3n) is 6.70. The topological polar surface area (TPSA) is 124 Å². The number of pyridine rings is 1. The molecular formula is C29H30FN7O2. The second kappa shape index (κ2) is 9.91. The van der Waals surface area contributed by atoms with E-state index in [0.29, 0.717) is 42.8 Å². The second-order valence-electron chi connectivity index (χ2n) is 10.6. The number of anilines is 2. The monoisotopic (exact) mass is 527 g/mol. The van der Waals surface area contributed by atoms with Crippen molar-refractivity contribution in [1.29, 1.82) is 5.26 Å². The summed E-state index contributed by atoms with van der Waals surface area (Å²) in [6.45, 7) is 9.90. The number of H-pyrrole nitrogens is 1. The van der Waals surface area contributed by atoms with Gasteiger partial charge in [-0.05, 0) is 63.6 Å². The number of hydrogen-bond acceptors (Lipinski definition) is 7. The fourth-order valence-electron chi connectivity index (χ4n) is 4.83. The van der Waals surface area contributed by atoms with E-state index in [1.807, 2.05) is 52.0 Å². The fraction of sp³-hybridized carbons (Fsp3) is 0.310. The number of amides is 1. The molecule has 0 aliphatic carbocycles. The molecule has 0 atom stereocenters. The van der Waals surface area contributed by atoms with Gasteiger partial charge in [0.1, 0.15) is 17.5 Å². The molecule has 1 aliphatic heterocycles. The molecule has 0 spiro atoms. The summed E-state index contributed by atoms with van der Waals surface area (Å²) < 4.78 is 20.4. The average Bonchev–Trinajstić information content (AvgIpc) is 3.27. The van der Waals surface area contributed by atoms with Crippen molar-refractivity contribution in [2.24, 2.45) is 0 Å². The molecule has 0 saturated carbocycles. The maximum atomic E-state index is 14.9. The summed E-state index contributed by atoms with van der Waals surface area (Å²) in [7, 11) is 0. The first-order chi connectivity index (χ1) is 18.6. The Balaban J connectivity index is 1.48. The van der Waals surface area contributed by atoms with Crippen LogP contribution in [0.4, 0.5) is 20.6 Å². The van der Waals surface area contributed by atoms with Crippen molar-refractivity contribution in [1.82, 2.24) is 20.1 Å². The first-order valence-corrected chi connectivity index (χ1v) is 12.7. The van der Waals surface area contributed by atoms with Gasteiger partial charge in [0.2, 0.25) is 0 Å². The zero-order chi connectivity index (χ0) is 27.9. The number of nitrogens with zero attached hydrogens (tertiary/aromatic N) is 5. The first kappa shape index (κ1) is 26.0. The van der Waals surface area contributed by atoms with Crippen LogP contribution in [0.1, 0.15) is 32.0 Å². The number of ether oxygens (including phenoxy) is 1. The van der Waals surface area contributed by atoms with Gasteiger partial charge in [0, 0.05) is 54.4 Å². The van der Waals surface area contributed by atoms with E-state index in [2.05, 4.69) is 26.2 Å². The standard InChI is InChI=1S/C29H30FN7O2/c1-17-24-25(22(16-31)26(33-27(24)35-34-17)21-10-7-19(32)15-23(21)30)18-5-8-20(9-6-18)36-11-13-37(14-12-36)28(38)39-29(2,3)4/h5-10,15H,11-14,32H2,1-4H3,(H,33,34,35). The van der Waals surface area contributed by atoms with Gasteiger partial charge in [-0.15, -0.1) is 0 Å². The van der Waals surface area contributed by atoms with Crippen LogP contribution in [0.2, 0.25) is 0 Å². The molecule has 0 bridgehead atoms. The largest absolute Gasteiger partial charge is 0.444 e. The third kappa shape index (κ3) is 5.08. The number of aryl methyl sites for hydroxylation is 1. The lowest BCUT2D eigenvalue weighted by Gasteiger charge is -2.36. The lowest BCUT2D eigenvalue weighted by molar-refractivity contribution is 0.0240. The van der Waals surface area contributed by atoms with E-state index < -0.39 is 11.4 Å². The van der Waals surface area contributed by atoms with E-state index in [9.17, 15) is 14.4 Å². The van der Waals surface area contributed by atoms with Gasteiger partial charge >= 0.3 is 6.09 Å². The minimum atomic E-state index is -0.558. The lowest BCUT2D eigenvalue weighted by Crippen LogP contribution is -2.50. The number of fused-ring (bicyclic) bond motifs is 1. The summed E-state index contributed by atoms with van der Waals surface area (Å²) in [4.78, 5) is 20.9. The van der Waals surface area contributed by atoms with Crippen LogP contribution in [0.5, 0.6) is 0 Å². The molecule has 4 aromatic rings. The number of nitrogens with one attached hydrogen (secondary N) is 1. The Bertz CT molecular complexity index is 1590. The zero-order valence-corrected chi connectivity index (χ0v) is 22.4. The molecule has 1 saturated heterocycles. The second-order valence-corrected chi connectivity index (χ2v) is 10.6. The highest BCUT2D eigenvalue weighted by Crippen LogP contribution is 2.39. The maximum absolute atomic E-state index is 14.9. The molecule has 200 valence electrons. The number of nitrogens with two attached hydrogens (primary N) is 1.